The number of fused-ring (bicyclic) bond motifs is 3. The molecule has 156 valence electrons. The minimum absolute atomic E-state index is 0. The van der Waals surface area contributed by atoms with Gasteiger partial charge in [-0.25, -0.2) is 0 Å². The summed E-state index contributed by atoms with van der Waals surface area (Å²) in [5.41, 5.74) is 10.5. The average molecular weight is 415 g/mol. The lowest BCUT2D eigenvalue weighted by atomic mass is 9.66. The zero-order valence-electron chi connectivity index (χ0n) is 18.0. The lowest BCUT2D eigenvalue weighted by Gasteiger charge is -2.35. The van der Waals surface area contributed by atoms with Gasteiger partial charge >= 0.3 is 0 Å². The van der Waals surface area contributed by atoms with Gasteiger partial charge in [-0.05, 0) is 57.4 Å². The van der Waals surface area contributed by atoms with Crippen molar-refractivity contribution in [3.05, 3.63) is 144 Å². The fourth-order valence-electron chi connectivity index (χ4n) is 5.55. The molecule has 2 aliphatic carbocycles. The summed E-state index contributed by atoms with van der Waals surface area (Å²) in [6.07, 6.45) is 9.36. The van der Waals surface area contributed by atoms with Crippen molar-refractivity contribution < 1.29 is 5.48 Å². The van der Waals surface area contributed by atoms with Gasteiger partial charge in [-0.2, -0.15) is 0 Å². The summed E-state index contributed by atoms with van der Waals surface area (Å²) in [6, 6.07) is 37.7. The smallest absolute Gasteiger partial charge is 0.0710 e. The average Bonchev–Trinajstić information content (AvgIpc) is 3.17. The molecule has 6 rings (SSSR count). The van der Waals surface area contributed by atoms with E-state index in [1.165, 1.54) is 44.5 Å². The second-order valence-electron chi connectivity index (χ2n) is 8.39. The van der Waals surface area contributed by atoms with Gasteiger partial charge in [0.2, 0.25) is 0 Å². The highest BCUT2D eigenvalue weighted by Gasteiger charge is 2.47. The van der Waals surface area contributed by atoms with E-state index in [0.717, 1.165) is 12.8 Å². The van der Waals surface area contributed by atoms with Gasteiger partial charge in [-0.15, -0.1) is 0 Å². The molecule has 4 aromatic carbocycles. The predicted molar refractivity (Wildman–Crippen MR) is 134 cm³/mol. The molecule has 0 fully saturated rings. The molecule has 2 N–H and O–H groups in total. The molecule has 0 saturated heterocycles. The molecule has 1 atom stereocenters. The first-order valence-corrected chi connectivity index (χ1v) is 11.1. The van der Waals surface area contributed by atoms with Crippen LogP contribution in [0.3, 0.4) is 0 Å². The van der Waals surface area contributed by atoms with Gasteiger partial charge in [0.1, 0.15) is 0 Å². The van der Waals surface area contributed by atoms with Crippen LogP contribution >= 0.6 is 0 Å². The van der Waals surface area contributed by atoms with E-state index in [-0.39, 0.29) is 10.9 Å². The summed E-state index contributed by atoms with van der Waals surface area (Å²) in [7, 11) is 0. The Labute approximate surface area is 189 Å². The molecule has 1 unspecified atom stereocenters. The Morgan fingerprint density at radius 1 is 0.562 bits per heavy atom. The van der Waals surface area contributed by atoms with Crippen LogP contribution in [-0.2, 0) is 5.41 Å². The Morgan fingerprint density at radius 3 is 1.97 bits per heavy atom. The molecule has 1 nitrogen and oxygen atoms in total. The van der Waals surface area contributed by atoms with Crippen molar-refractivity contribution in [3.8, 4) is 22.3 Å². The fourth-order valence-corrected chi connectivity index (χ4v) is 5.55. The van der Waals surface area contributed by atoms with Crippen LogP contribution in [0.4, 0.5) is 0 Å². The third kappa shape index (κ3) is 2.82. The number of hydrogen-bond acceptors (Lipinski definition) is 0. The summed E-state index contributed by atoms with van der Waals surface area (Å²) in [6.45, 7) is 0. The van der Waals surface area contributed by atoms with Crippen LogP contribution in [0.25, 0.3) is 22.3 Å². The van der Waals surface area contributed by atoms with E-state index in [0.29, 0.717) is 0 Å². The van der Waals surface area contributed by atoms with Crippen molar-refractivity contribution in [3.63, 3.8) is 0 Å². The largest absolute Gasteiger partial charge is 0.412 e. The maximum absolute atomic E-state index is 2.45. The van der Waals surface area contributed by atoms with Gasteiger partial charge in [0.25, 0.3) is 0 Å². The van der Waals surface area contributed by atoms with E-state index in [9.17, 15) is 0 Å². The first kappa shape index (κ1) is 20.2. The summed E-state index contributed by atoms with van der Waals surface area (Å²) in [5, 5.41) is 0. The van der Waals surface area contributed by atoms with Crippen LogP contribution in [0.1, 0.15) is 29.5 Å². The van der Waals surface area contributed by atoms with Crippen LogP contribution < -0.4 is 0 Å². The van der Waals surface area contributed by atoms with Crippen molar-refractivity contribution >= 4 is 0 Å². The van der Waals surface area contributed by atoms with E-state index in [1.54, 1.807) is 0 Å². The number of rotatable bonds is 3. The molecule has 0 amide bonds. The van der Waals surface area contributed by atoms with Crippen molar-refractivity contribution in [1.82, 2.24) is 0 Å². The first-order chi connectivity index (χ1) is 15.4. The van der Waals surface area contributed by atoms with Gasteiger partial charge in [-0.1, -0.05) is 121 Å². The summed E-state index contributed by atoms with van der Waals surface area (Å²) >= 11 is 0. The van der Waals surface area contributed by atoms with Crippen molar-refractivity contribution in [2.45, 2.75) is 18.3 Å². The van der Waals surface area contributed by atoms with E-state index in [1.807, 2.05) is 0 Å². The van der Waals surface area contributed by atoms with Gasteiger partial charge in [0.05, 0.1) is 5.41 Å². The Hall–Kier alpha value is -3.68. The molecular formula is C31H26O. The van der Waals surface area contributed by atoms with Crippen molar-refractivity contribution in [2.75, 3.05) is 0 Å². The molecular weight excluding hydrogens is 388 g/mol. The van der Waals surface area contributed by atoms with Gasteiger partial charge in [0, 0.05) is 0 Å². The Kier molecular flexibility index (Phi) is 5.13. The van der Waals surface area contributed by atoms with Gasteiger partial charge < -0.3 is 5.48 Å². The predicted octanol–water partition coefficient (Wildman–Crippen LogP) is 7.12. The standard InChI is InChI=1S/C31H24.H2O/c1-4-13-23(14-5-1)26-20-12-22-29-30(26)27-19-10-11-21-28(27)31(29,24-15-6-2-7-16-24)25-17-8-3-9-18-25;/h1-2,4-8,10-22H,3,9H2;1H2. The summed E-state index contributed by atoms with van der Waals surface area (Å²) in [4.78, 5) is 0. The first-order valence-electron chi connectivity index (χ1n) is 11.1. The van der Waals surface area contributed by atoms with Crippen molar-refractivity contribution in [2.24, 2.45) is 0 Å². The molecule has 0 aromatic heterocycles. The zero-order chi connectivity index (χ0) is 20.7. The zero-order valence-corrected chi connectivity index (χ0v) is 18.0. The van der Waals surface area contributed by atoms with E-state index in [4.69, 9.17) is 0 Å². The second-order valence-corrected chi connectivity index (χ2v) is 8.39. The summed E-state index contributed by atoms with van der Waals surface area (Å²) in [5.74, 6) is 0. The molecule has 0 heterocycles. The Morgan fingerprint density at radius 2 is 1.22 bits per heavy atom. The van der Waals surface area contributed by atoms with Crippen LogP contribution in [0.2, 0.25) is 0 Å². The van der Waals surface area contributed by atoms with Crippen LogP contribution in [0.5, 0.6) is 0 Å². The quantitative estimate of drug-likeness (QED) is 0.342. The maximum Gasteiger partial charge on any atom is 0.0710 e. The Balaban J connectivity index is 0.00000216. The van der Waals surface area contributed by atoms with Gasteiger partial charge in [0.15, 0.2) is 0 Å². The third-order valence-corrected chi connectivity index (χ3v) is 6.79. The second kappa shape index (κ2) is 8.11. The van der Waals surface area contributed by atoms with Crippen molar-refractivity contribution in [1.29, 1.82) is 0 Å². The number of hydrogen-bond donors (Lipinski definition) is 0. The topological polar surface area (TPSA) is 31.5 Å². The van der Waals surface area contributed by atoms with E-state index in [2.05, 4.69) is 121 Å². The SMILES string of the molecule is C1=CC(C2(c3ccccc3)c3ccccc3-c3c(-c4ccccc4)cccc32)=CCC1.O. The minimum atomic E-state index is -0.283. The molecule has 2 aliphatic rings. The fraction of sp³-hybridized carbons (Fsp3) is 0.0968. The minimum Gasteiger partial charge on any atom is -0.412 e. The van der Waals surface area contributed by atoms with Crippen LogP contribution in [-0.4, -0.2) is 5.48 Å². The molecule has 32 heavy (non-hydrogen) atoms. The number of benzene rings is 4. The lowest BCUT2D eigenvalue weighted by molar-refractivity contribution is 0.751. The highest BCUT2D eigenvalue weighted by Crippen LogP contribution is 2.58. The highest BCUT2D eigenvalue weighted by atomic mass is 16.0. The molecule has 0 spiro atoms. The van der Waals surface area contributed by atoms with Crippen LogP contribution in [0.15, 0.2) is 127 Å². The van der Waals surface area contributed by atoms with E-state index >= 15 is 0 Å². The normalized spacial score (nSPS) is 18.3. The van der Waals surface area contributed by atoms with Crippen LogP contribution in [0, 0.1) is 0 Å². The van der Waals surface area contributed by atoms with Gasteiger partial charge in [-0.3, -0.25) is 0 Å². The highest BCUT2D eigenvalue weighted by molar-refractivity contribution is 5.95. The van der Waals surface area contributed by atoms with E-state index < -0.39 is 0 Å². The molecule has 0 saturated carbocycles. The monoisotopic (exact) mass is 414 g/mol. The maximum atomic E-state index is 2.45. The third-order valence-electron chi connectivity index (χ3n) is 6.79. The molecule has 1 heteroatoms. The lowest BCUT2D eigenvalue weighted by Crippen LogP contribution is -2.29. The molecule has 0 radical (unpaired) electrons. The molecule has 0 aliphatic heterocycles. The summed E-state index contributed by atoms with van der Waals surface area (Å²) < 4.78 is 0. The molecule has 4 aromatic rings. The number of allylic oxidation sites excluding steroid dienone is 4. The molecule has 0 bridgehead atoms. The Bertz CT molecular complexity index is 1320.